The van der Waals surface area contributed by atoms with Gasteiger partial charge < -0.3 is 10.2 Å². The predicted octanol–water partition coefficient (Wildman–Crippen LogP) is 2.97. The summed E-state index contributed by atoms with van der Waals surface area (Å²) in [5.41, 5.74) is 1.41. The highest BCUT2D eigenvalue weighted by atomic mass is 32.2. The molecule has 0 spiro atoms. The number of hydrogen-bond acceptors (Lipinski definition) is 4. The van der Waals surface area contributed by atoms with Crippen molar-refractivity contribution in [2.45, 2.75) is 24.7 Å². The lowest BCUT2D eigenvalue weighted by Gasteiger charge is -2.15. The molecule has 0 radical (unpaired) electrons. The number of anilines is 1. The van der Waals surface area contributed by atoms with Crippen LogP contribution < -0.4 is 5.32 Å². The Labute approximate surface area is 159 Å². The molecule has 6 nitrogen and oxygen atoms in total. The molecule has 1 aliphatic rings. The lowest BCUT2D eigenvalue weighted by molar-refractivity contribution is 0.0792. The molecule has 7 heteroatoms. The average Bonchev–Trinajstić information content (AvgIpc) is 3.22. The topological polar surface area (TPSA) is 83.5 Å². The van der Waals surface area contributed by atoms with Gasteiger partial charge in [-0.25, -0.2) is 8.42 Å². The monoisotopic (exact) mass is 386 g/mol. The van der Waals surface area contributed by atoms with Crippen molar-refractivity contribution in [3.05, 3.63) is 59.7 Å². The van der Waals surface area contributed by atoms with E-state index in [1.807, 2.05) is 4.90 Å². The van der Waals surface area contributed by atoms with Crippen LogP contribution in [0.2, 0.25) is 0 Å². The standard InChI is InChI=1S/C20H22N2O4S/c1-2-27(25,26)18-10-8-15(9-11-18)19(23)21-17-7-5-6-16(14-17)20(24)22-12-3-4-13-22/h5-11,14H,2-4,12-13H2,1H3,(H,21,23). The van der Waals surface area contributed by atoms with Crippen molar-refractivity contribution in [3.63, 3.8) is 0 Å². The maximum absolute atomic E-state index is 12.5. The second kappa shape index (κ2) is 7.92. The summed E-state index contributed by atoms with van der Waals surface area (Å²) in [6.45, 7) is 3.11. The van der Waals surface area contributed by atoms with Crippen LogP contribution in [0.4, 0.5) is 5.69 Å². The van der Waals surface area contributed by atoms with Gasteiger partial charge in [-0.1, -0.05) is 13.0 Å². The van der Waals surface area contributed by atoms with Crippen LogP contribution in [0.3, 0.4) is 0 Å². The first-order valence-electron chi connectivity index (χ1n) is 8.94. The first-order valence-corrected chi connectivity index (χ1v) is 10.6. The van der Waals surface area contributed by atoms with Crippen LogP contribution in [-0.2, 0) is 9.84 Å². The van der Waals surface area contributed by atoms with Gasteiger partial charge in [0.05, 0.1) is 10.6 Å². The Bertz CT molecular complexity index is 946. The van der Waals surface area contributed by atoms with E-state index in [2.05, 4.69) is 5.32 Å². The van der Waals surface area contributed by atoms with Crippen molar-refractivity contribution in [2.75, 3.05) is 24.2 Å². The second-order valence-corrected chi connectivity index (χ2v) is 8.74. The van der Waals surface area contributed by atoms with Crippen molar-refractivity contribution in [2.24, 2.45) is 0 Å². The van der Waals surface area contributed by atoms with E-state index in [-0.39, 0.29) is 22.5 Å². The Hall–Kier alpha value is -2.67. The molecule has 0 bridgehead atoms. The molecule has 0 aromatic heterocycles. The van der Waals surface area contributed by atoms with Gasteiger partial charge in [0.1, 0.15) is 0 Å². The molecule has 1 fully saturated rings. The first kappa shape index (κ1) is 19.1. The van der Waals surface area contributed by atoms with Crippen molar-refractivity contribution in [3.8, 4) is 0 Å². The van der Waals surface area contributed by atoms with E-state index in [1.165, 1.54) is 24.3 Å². The average molecular weight is 386 g/mol. The molecule has 27 heavy (non-hydrogen) atoms. The number of nitrogens with zero attached hydrogens (tertiary/aromatic N) is 1. The number of nitrogens with one attached hydrogen (secondary N) is 1. The summed E-state index contributed by atoms with van der Waals surface area (Å²) in [6, 6.07) is 12.7. The van der Waals surface area contributed by atoms with E-state index in [1.54, 1.807) is 31.2 Å². The molecular weight excluding hydrogens is 364 g/mol. The van der Waals surface area contributed by atoms with Crippen LogP contribution in [0.15, 0.2) is 53.4 Å². The molecule has 0 atom stereocenters. The van der Waals surface area contributed by atoms with Crippen molar-refractivity contribution in [1.82, 2.24) is 4.90 Å². The molecule has 1 aliphatic heterocycles. The molecule has 142 valence electrons. The van der Waals surface area contributed by atoms with Crippen LogP contribution in [0.25, 0.3) is 0 Å². The Morgan fingerprint density at radius 1 is 1.00 bits per heavy atom. The van der Waals surface area contributed by atoms with Crippen LogP contribution in [-0.4, -0.2) is 44.0 Å². The summed E-state index contributed by atoms with van der Waals surface area (Å²) in [5, 5.41) is 2.76. The highest BCUT2D eigenvalue weighted by Crippen LogP contribution is 2.18. The van der Waals surface area contributed by atoms with E-state index in [0.29, 0.717) is 16.8 Å². The summed E-state index contributed by atoms with van der Waals surface area (Å²) in [5.74, 6) is -0.380. The molecule has 0 saturated carbocycles. The minimum atomic E-state index is -3.30. The SMILES string of the molecule is CCS(=O)(=O)c1ccc(C(=O)Nc2cccc(C(=O)N3CCCC3)c2)cc1. The zero-order valence-corrected chi connectivity index (χ0v) is 16.0. The predicted molar refractivity (Wildman–Crippen MR) is 104 cm³/mol. The molecule has 3 rings (SSSR count). The van der Waals surface area contributed by atoms with Gasteiger partial charge in [0.25, 0.3) is 11.8 Å². The Morgan fingerprint density at radius 3 is 2.30 bits per heavy atom. The summed E-state index contributed by atoms with van der Waals surface area (Å²) in [7, 11) is -3.30. The van der Waals surface area contributed by atoms with Gasteiger partial charge in [0.15, 0.2) is 9.84 Å². The largest absolute Gasteiger partial charge is 0.339 e. The molecule has 1 N–H and O–H groups in total. The van der Waals surface area contributed by atoms with Crippen molar-refractivity contribution < 1.29 is 18.0 Å². The summed E-state index contributed by atoms with van der Waals surface area (Å²) < 4.78 is 23.7. The van der Waals surface area contributed by atoms with E-state index in [9.17, 15) is 18.0 Å². The fraction of sp³-hybridized carbons (Fsp3) is 0.300. The lowest BCUT2D eigenvalue weighted by atomic mass is 10.1. The number of benzene rings is 2. The molecule has 2 amide bonds. The summed E-state index contributed by atoms with van der Waals surface area (Å²) >= 11 is 0. The van der Waals surface area contributed by atoms with E-state index in [0.717, 1.165) is 25.9 Å². The molecule has 0 aliphatic carbocycles. The van der Waals surface area contributed by atoms with Gasteiger partial charge in [-0.3, -0.25) is 9.59 Å². The molecule has 2 aromatic carbocycles. The van der Waals surface area contributed by atoms with Crippen LogP contribution in [0, 0.1) is 0 Å². The zero-order valence-electron chi connectivity index (χ0n) is 15.1. The smallest absolute Gasteiger partial charge is 0.255 e. The number of sulfone groups is 1. The number of likely N-dealkylation sites (tertiary alicyclic amines) is 1. The minimum absolute atomic E-state index is 0.0103. The maximum Gasteiger partial charge on any atom is 0.255 e. The number of amides is 2. The van der Waals surface area contributed by atoms with Crippen LogP contribution in [0.5, 0.6) is 0 Å². The Morgan fingerprint density at radius 2 is 1.67 bits per heavy atom. The van der Waals surface area contributed by atoms with Crippen molar-refractivity contribution >= 4 is 27.3 Å². The third kappa shape index (κ3) is 4.36. The van der Waals surface area contributed by atoms with Crippen LogP contribution >= 0.6 is 0 Å². The van der Waals surface area contributed by atoms with Gasteiger partial charge in [-0.2, -0.15) is 0 Å². The third-order valence-corrected chi connectivity index (χ3v) is 6.37. The fourth-order valence-corrected chi connectivity index (χ4v) is 3.90. The first-order chi connectivity index (χ1) is 12.9. The van der Waals surface area contributed by atoms with E-state index in [4.69, 9.17) is 0 Å². The molecule has 0 unspecified atom stereocenters. The quantitative estimate of drug-likeness (QED) is 0.856. The molecule has 2 aromatic rings. The highest BCUT2D eigenvalue weighted by Gasteiger charge is 2.20. The Balaban J connectivity index is 1.72. The fourth-order valence-electron chi connectivity index (χ4n) is 3.02. The number of hydrogen-bond donors (Lipinski definition) is 1. The lowest BCUT2D eigenvalue weighted by Crippen LogP contribution is -2.27. The van der Waals surface area contributed by atoms with Gasteiger partial charge in [0, 0.05) is 29.9 Å². The van der Waals surface area contributed by atoms with Gasteiger partial charge in [-0.15, -0.1) is 0 Å². The van der Waals surface area contributed by atoms with Gasteiger partial charge in [-0.05, 0) is 55.3 Å². The van der Waals surface area contributed by atoms with E-state index >= 15 is 0 Å². The number of carbonyl (C=O) groups excluding carboxylic acids is 2. The molecule has 1 heterocycles. The third-order valence-electron chi connectivity index (χ3n) is 4.62. The molecular formula is C20H22N2O4S. The van der Waals surface area contributed by atoms with Gasteiger partial charge in [0.2, 0.25) is 0 Å². The highest BCUT2D eigenvalue weighted by molar-refractivity contribution is 7.91. The van der Waals surface area contributed by atoms with E-state index < -0.39 is 9.84 Å². The normalized spacial score (nSPS) is 14.2. The Kier molecular flexibility index (Phi) is 5.60. The zero-order chi connectivity index (χ0) is 19.4. The van der Waals surface area contributed by atoms with Crippen molar-refractivity contribution in [1.29, 1.82) is 0 Å². The van der Waals surface area contributed by atoms with Gasteiger partial charge >= 0.3 is 0 Å². The minimum Gasteiger partial charge on any atom is -0.339 e. The number of rotatable bonds is 5. The summed E-state index contributed by atoms with van der Waals surface area (Å²) in [6.07, 6.45) is 2.04. The molecule has 1 saturated heterocycles. The summed E-state index contributed by atoms with van der Waals surface area (Å²) in [4.78, 5) is 26.9. The number of carbonyl (C=O) groups is 2. The second-order valence-electron chi connectivity index (χ2n) is 6.46. The maximum atomic E-state index is 12.5. The van der Waals surface area contributed by atoms with Crippen LogP contribution in [0.1, 0.15) is 40.5 Å².